The lowest BCUT2D eigenvalue weighted by Crippen LogP contribution is -2.07. The highest BCUT2D eigenvalue weighted by atomic mass is 79.9. The Hall–Kier alpha value is -1.39. The third-order valence-corrected chi connectivity index (χ3v) is 4.63. The average Bonchev–Trinajstić information content (AvgIpc) is 2.51. The van der Waals surface area contributed by atoms with Gasteiger partial charge in [0, 0.05) is 6.04 Å². The van der Waals surface area contributed by atoms with Crippen LogP contribution in [-0.2, 0) is 0 Å². The highest BCUT2D eigenvalue weighted by Gasteiger charge is 2.12. The summed E-state index contributed by atoms with van der Waals surface area (Å²) in [7, 11) is 3.26. The summed E-state index contributed by atoms with van der Waals surface area (Å²) in [5.74, 6) is 1.44. The van der Waals surface area contributed by atoms with Crippen LogP contribution in [0.25, 0.3) is 0 Å². The summed E-state index contributed by atoms with van der Waals surface area (Å²) in [6.07, 6.45) is 0. The maximum Gasteiger partial charge on any atom is 0.161 e. The lowest BCUT2D eigenvalue weighted by atomic mass is 10.1. The second kappa shape index (κ2) is 7.05. The number of hydrogen-bond acceptors (Lipinski definition) is 3. The Morgan fingerprint density at radius 3 is 2.48 bits per heavy atom. The molecule has 2 rings (SSSR count). The van der Waals surface area contributed by atoms with Gasteiger partial charge >= 0.3 is 0 Å². The molecular weight excluding hydrogens is 354 g/mol. The highest BCUT2D eigenvalue weighted by Crippen LogP contribution is 2.34. The highest BCUT2D eigenvalue weighted by molar-refractivity contribution is 9.10. The molecule has 1 atom stereocenters. The second-order valence-corrected chi connectivity index (χ2v) is 5.78. The Balaban J connectivity index is 2.24. The summed E-state index contributed by atoms with van der Waals surface area (Å²) < 4.78 is 11.5. The van der Waals surface area contributed by atoms with Gasteiger partial charge in [0.25, 0.3) is 0 Å². The largest absolute Gasteiger partial charge is 0.493 e. The molecule has 21 heavy (non-hydrogen) atoms. The van der Waals surface area contributed by atoms with E-state index in [0.717, 1.165) is 21.5 Å². The monoisotopic (exact) mass is 369 g/mol. The normalized spacial score (nSPS) is 11.9. The van der Waals surface area contributed by atoms with Gasteiger partial charge in [0.15, 0.2) is 11.5 Å². The van der Waals surface area contributed by atoms with Gasteiger partial charge in [-0.15, -0.1) is 0 Å². The van der Waals surface area contributed by atoms with E-state index in [4.69, 9.17) is 21.1 Å². The van der Waals surface area contributed by atoms with E-state index in [-0.39, 0.29) is 6.04 Å². The van der Waals surface area contributed by atoms with Gasteiger partial charge in [-0.25, -0.2) is 0 Å². The Morgan fingerprint density at radius 1 is 1.10 bits per heavy atom. The predicted octanol–water partition coefficient (Wildman–Crippen LogP) is 5.29. The van der Waals surface area contributed by atoms with Gasteiger partial charge < -0.3 is 14.8 Å². The zero-order chi connectivity index (χ0) is 15.4. The fraction of sp³-hybridized carbons (Fsp3) is 0.250. The maximum atomic E-state index is 6.11. The van der Waals surface area contributed by atoms with Crippen molar-refractivity contribution in [3.8, 4) is 11.5 Å². The quantitative estimate of drug-likeness (QED) is 0.775. The van der Waals surface area contributed by atoms with Gasteiger partial charge in [-0.1, -0.05) is 23.7 Å². The molecule has 0 amide bonds. The number of rotatable bonds is 5. The van der Waals surface area contributed by atoms with Crippen molar-refractivity contribution in [2.45, 2.75) is 13.0 Å². The Kier molecular flexibility index (Phi) is 5.37. The summed E-state index contributed by atoms with van der Waals surface area (Å²) in [6.45, 7) is 2.08. The van der Waals surface area contributed by atoms with Crippen LogP contribution in [0.1, 0.15) is 18.5 Å². The van der Waals surface area contributed by atoms with Crippen LogP contribution < -0.4 is 14.8 Å². The molecule has 0 spiro atoms. The number of benzene rings is 2. The van der Waals surface area contributed by atoms with Crippen molar-refractivity contribution in [3.63, 3.8) is 0 Å². The summed E-state index contributed by atoms with van der Waals surface area (Å²) in [5, 5.41) is 4.11. The van der Waals surface area contributed by atoms with Crippen molar-refractivity contribution >= 4 is 33.2 Å². The van der Waals surface area contributed by atoms with Crippen LogP contribution in [0.2, 0.25) is 5.02 Å². The van der Waals surface area contributed by atoms with Crippen molar-refractivity contribution in [3.05, 3.63) is 51.5 Å². The minimum atomic E-state index is 0.0968. The Labute approximate surface area is 138 Å². The summed E-state index contributed by atoms with van der Waals surface area (Å²) in [4.78, 5) is 0. The molecule has 0 saturated carbocycles. The molecule has 0 heterocycles. The summed E-state index contributed by atoms with van der Waals surface area (Å²) in [5.41, 5.74) is 2.05. The molecule has 2 aromatic carbocycles. The average molecular weight is 371 g/mol. The maximum absolute atomic E-state index is 6.11. The van der Waals surface area contributed by atoms with E-state index >= 15 is 0 Å². The molecule has 5 heteroatoms. The van der Waals surface area contributed by atoms with E-state index in [1.54, 1.807) is 14.2 Å². The lowest BCUT2D eigenvalue weighted by Gasteiger charge is -2.18. The molecule has 0 radical (unpaired) electrons. The fourth-order valence-electron chi connectivity index (χ4n) is 2.05. The molecule has 0 fully saturated rings. The molecule has 1 N–H and O–H groups in total. The minimum absolute atomic E-state index is 0.0968. The Bertz CT molecular complexity index is 634. The molecule has 0 aliphatic rings. The first kappa shape index (κ1) is 16.0. The Morgan fingerprint density at radius 2 is 1.81 bits per heavy atom. The summed E-state index contributed by atoms with van der Waals surface area (Å²) >= 11 is 9.60. The van der Waals surface area contributed by atoms with Gasteiger partial charge in [0.1, 0.15) is 0 Å². The van der Waals surface area contributed by atoms with Crippen molar-refractivity contribution in [1.82, 2.24) is 0 Å². The molecule has 0 aliphatic heterocycles. The third-order valence-electron chi connectivity index (χ3n) is 3.23. The van der Waals surface area contributed by atoms with Crippen molar-refractivity contribution < 1.29 is 9.47 Å². The molecule has 0 aromatic heterocycles. The minimum Gasteiger partial charge on any atom is -0.493 e. The standard InChI is InChI=1S/C16H17BrClNO2/c1-10(19-13-6-4-5-12(18)16(13)17)11-7-8-14(20-2)15(9-11)21-3/h4-10,19H,1-3H3. The van der Waals surface area contributed by atoms with Gasteiger partial charge in [0.05, 0.1) is 29.4 Å². The van der Waals surface area contributed by atoms with E-state index in [1.165, 1.54) is 0 Å². The van der Waals surface area contributed by atoms with Gasteiger partial charge in [0.2, 0.25) is 0 Å². The van der Waals surface area contributed by atoms with Gasteiger partial charge in [-0.3, -0.25) is 0 Å². The fourth-order valence-corrected chi connectivity index (χ4v) is 2.61. The topological polar surface area (TPSA) is 30.5 Å². The van der Waals surface area contributed by atoms with Crippen LogP contribution in [0.4, 0.5) is 5.69 Å². The van der Waals surface area contributed by atoms with E-state index < -0.39 is 0 Å². The van der Waals surface area contributed by atoms with E-state index in [9.17, 15) is 0 Å². The SMILES string of the molecule is COc1ccc(C(C)Nc2cccc(Cl)c2Br)cc1OC. The van der Waals surface area contributed by atoms with Crippen molar-refractivity contribution in [2.75, 3.05) is 19.5 Å². The van der Waals surface area contributed by atoms with Crippen LogP contribution in [-0.4, -0.2) is 14.2 Å². The number of anilines is 1. The van der Waals surface area contributed by atoms with Crippen molar-refractivity contribution in [2.24, 2.45) is 0 Å². The van der Waals surface area contributed by atoms with E-state index in [2.05, 4.69) is 28.2 Å². The molecule has 1 unspecified atom stereocenters. The number of ether oxygens (including phenoxy) is 2. The van der Waals surface area contributed by atoms with Crippen LogP contribution >= 0.6 is 27.5 Å². The molecule has 3 nitrogen and oxygen atoms in total. The molecular formula is C16H17BrClNO2. The van der Waals surface area contributed by atoms with Crippen LogP contribution in [0.3, 0.4) is 0 Å². The third kappa shape index (κ3) is 3.63. The zero-order valence-electron chi connectivity index (χ0n) is 12.1. The summed E-state index contributed by atoms with van der Waals surface area (Å²) in [6, 6.07) is 11.7. The number of methoxy groups -OCH3 is 2. The van der Waals surface area contributed by atoms with Crippen LogP contribution in [0, 0.1) is 0 Å². The first-order valence-electron chi connectivity index (χ1n) is 6.49. The molecule has 2 aromatic rings. The van der Waals surface area contributed by atoms with E-state index in [1.807, 2.05) is 36.4 Å². The van der Waals surface area contributed by atoms with Gasteiger partial charge in [-0.2, -0.15) is 0 Å². The number of nitrogens with one attached hydrogen (secondary N) is 1. The van der Waals surface area contributed by atoms with Crippen LogP contribution in [0.15, 0.2) is 40.9 Å². The zero-order valence-corrected chi connectivity index (χ0v) is 14.5. The predicted molar refractivity (Wildman–Crippen MR) is 90.7 cm³/mol. The first-order valence-corrected chi connectivity index (χ1v) is 7.66. The molecule has 0 aliphatic carbocycles. The van der Waals surface area contributed by atoms with Crippen molar-refractivity contribution in [1.29, 1.82) is 0 Å². The lowest BCUT2D eigenvalue weighted by molar-refractivity contribution is 0.354. The van der Waals surface area contributed by atoms with Crippen LogP contribution in [0.5, 0.6) is 11.5 Å². The molecule has 0 bridgehead atoms. The number of hydrogen-bond donors (Lipinski definition) is 1. The molecule has 0 saturated heterocycles. The second-order valence-electron chi connectivity index (χ2n) is 4.58. The molecule has 112 valence electrons. The smallest absolute Gasteiger partial charge is 0.161 e. The number of halogens is 2. The van der Waals surface area contributed by atoms with Gasteiger partial charge in [-0.05, 0) is 52.7 Å². The van der Waals surface area contributed by atoms with E-state index in [0.29, 0.717) is 10.8 Å². The first-order chi connectivity index (χ1) is 10.1.